The zero-order valence-corrected chi connectivity index (χ0v) is 14.4. The average Bonchev–Trinajstić information content (AvgIpc) is 2.54. The molecule has 0 saturated heterocycles. The van der Waals surface area contributed by atoms with Gasteiger partial charge in [0.25, 0.3) is 0 Å². The highest BCUT2D eigenvalue weighted by molar-refractivity contribution is 6.42. The highest BCUT2D eigenvalue weighted by atomic mass is 35.5. The molecule has 24 heavy (non-hydrogen) atoms. The molecule has 0 atom stereocenters. The van der Waals surface area contributed by atoms with Crippen LogP contribution < -0.4 is 15.5 Å². The van der Waals surface area contributed by atoms with Gasteiger partial charge in [0, 0.05) is 30.5 Å². The number of fused-ring (bicyclic) bond motifs is 1. The molecule has 2 aromatic rings. The fourth-order valence-corrected chi connectivity index (χ4v) is 2.90. The van der Waals surface area contributed by atoms with Gasteiger partial charge in [-0.2, -0.15) is 0 Å². The smallest absolute Gasteiger partial charge is 0.315 e. The molecule has 124 valence electrons. The normalized spacial score (nSPS) is 13.5. The number of benzene rings is 2. The molecule has 0 fully saturated rings. The summed E-state index contributed by atoms with van der Waals surface area (Å²) in [5, 5.41) is 6.27. The molecule has 1 aliphatic rings. The van der Waals surface area contributed by atoms with Crippen molar-refractivity contribution in [1.82, 2.24) is 0 Å². The Morgan fingerprint density at radius 1 is 1.00 bits per heavy atom. The second kappa shape index (κ2) is 6.71. The second-order valence-electron chi connectivity index (χ2n) is 5.50. The van der Waals surface area contributed by atoms with E-state index in [-0.39, 0.29) is 11.9 Å². The van der Waals surface area contributed by atoms with E-state index in [1.54, 1.807) is 36.2 Å². The van der Waals surface area contributed by atoms with Gasteiger partial charge in [0.1, 0.15) is 0 Å². The fourth-order valence-electron chi connectivity index (χ4n) is 2.60. The number of carbonyl (C=O) groups is 2. The van der Waals surface area contributed by atoms with E-state index < -0.39 is 0 Å². The third-order valence-corrected chi connectivity index (χ3v) is 4.60. The molecule has 3 amide bonds. The molecule has 3 rings (SSSR count). The molecule has 0 spiro atoms. The van der Waals surface area contributed by atoms with Gasteiger partial charge in [-0.05, 0) is 48.4 Å². The first-order valence-electron chi connectivity index (χ1n) is 7.36. The number of hydrogen-bond acceptors (Lipinski definition) is 2. The Bertz CT molecular complexity index is 823. The maximum Gasteiger partial charge on any atom is 0.323 e. The van der Waals surface area contributed by atoms with Crippen LogP contribution in [-0.2, 0) is 11.2 Å². The summed E-state index contributed by atoms with van der Waals surface area (Å²) in [6, 6.07) is 9.97. The highest BCUT2D eigenvalue weighted by Crippen LogP contribution is 2.29. The lowest BCUT2D eigenvalue weighted by atomic mass is 10.0. The first kappa shape index (κ1) is 16.6. The van der Waals surface area contributed by atoms with Gasteiger partial charge in [-0.1, -0.05) is 23.2 Å². The van der Waals surface area contributed by atoms with Crippen LogP contribution in [0.4, 0.5) is 21.9 Å². The van der Waals surface area contributed by atoms with E-state index in [1.807, 2.05) is 12.1 Å². The van der Waals surface area contributed by atoms with Crippen molar-refractivity contribution in [3.05, 3.63) is 52.0 Å². The number of urea groups is 1. The van der Waals surface area contributed by atoms with E-state index in [0.29, 0.717) is 34.3 Å². The highest BCUT2D eigenvalue weighted by Gasteiger charge is 2.21. The molecule has 0 aliphatic carbocycles. The van der Waals surface area contributed by atoms with Gasteiger partial charge in [0.05, 0.1) is 10.0 Å². The molecule has 0 saturated carbocycles. The average molecular weight is 364 g/mol. The standard InChI is InChI=1S/C17H15Cl2N3O2/c1-22-15-6-4-11(8-10(15)2-7-16(22)23)20-17(24)21-12-3-5-13(18)14(19)9-12/h3-6,8-9H,2,7H2,1H3,(H2,20,21,24). The van der Waals surface area contributed by atoms with Gasteiger partial charge >= 0.3 is 6.03 Å². The van der Waals surface area contributed by atoms with E-state index in [2.05, 4.69) is 10.6 Å². The number of nitrogens with one attached hydrogen (secondary N) is 2. The minimum Gasteiger partial charge on any atom is -0.315 e. The van der Waals surface area contributed by atoms with Gasteiger partial charge in [0.15, 0.2) is 0 Å². The van der Waals surface area contributed by atoms with Crippen LogP contribution in [0.1, 0.15) is 12.0 Å². The Morgan fingerprint density at radius 3 is 2.38 bits per heavy atom. The molecule has 0 aromatic heterocycles. The van der Waals surface area contributed by atoms with E-state index in [1.165, 1.54) is 0 Å². The Kier molecular flexibility index (Phi) is 4.64. The predicted molar refractivity (Wildman–Crippen MR) is 97.3 cm³/mol. The molecule has 0 unspecified atom stereocenters. The summed E-state index contributed by atoms with van der Waals surface area (Å²) in [6.07, 6.45) is 1.14. The fraction of sp³-hybridized carbons (Fsp3) is 0.176. The van der Waals surface area contributed by atoms with E-state index in [4.69, 9.17) is 23.2 Å². The number of carbonyl (C=O) groups excluding carboxylic acids is 2. The van der Waals surface area contributed by atoms with Crippen molar-refractivity contribution in [2.75, 3.05) is 22.6 Å². The van der Waals surface area contributed by atoms with Crippen molar-refractivity contribution < 1.29 is 9.59 Å². The zero-order valence-electron chi connectivity index (χ0n) is 12.9. The van der Waals surface area contributed by atoms with Crippen molar-refractivity contribution in [3.8, 4) is 0 Å². The lowest BCUT2D eigenvalue weighted by Crippen LogP contribution is -2.31. The lowest BCUT2D eigenvalue weighted by Gasteiger charge is -2.26. The molecule has 5 nitrogen and oxygen atoms in total. The van der Waals surface area contributed by atoms with Gasteiger partial charge in [0.2, 0.25) is 5.91 Å². The number of amides is 3. The molecular formula is C17H15Cl2N3O2. The van der Waals surface area contributed by atoms with Crippen LogP contribution in [0.25, 0.3) is 0 Å². The number of halogens is 2. The summed E-state index contributed by atoms with van der Waals surface area (Å²) >= 11 is 11.8. The number of rotatable bonds is 2. The first-order chi connectivity index (χ1) is 11.4. The topological polar surface area (TPSA) is 61.4 Å². The summed E-state index contributed by atoms with van der Waals surface area (Å²) in [7, 11) is 1.75. The molecule has 0 bridgehead atoms. The van der Waals surface area contributed by atoms with Crippen molar-refractivity contribution in [2.45, 2.75) is 12.8 Å². The Hall–Kier alpha value is -2.24. The molecule has 1 heterocycles. The SMILES string of the molecule is CN1C(=O)CCc2cc(NC(=O)Nc3ccc(Cl)c(Cl)c3)ccc21. The van der Waals surface area contributed by atoms with E-state index >= 15 is 0 Å². The van der Waals surface area contributed by atoms with Crippen LogP contribution in [0.5, 0.6) is 0 Å². The Balaban J connectivity index is 1.71. The predicted octanol–water partition coefficient (Wildman–Crippen LogP) is 4.55. The third kappa shape index (κ3) is 3.47. The lowest BCUT2D eigenvalue weighted by molar-refractivity contribution is -0.118. The second-order valence-corrected chi connectivity index (χ2v) is 6.32. The summed E-state index contributed by atoms with van der Waals surface area (Å²) < 4.78 is 0. The Labute approximate surface area is 149 Å². The van der Waals surface area contributed by atoms with Gasteiger partial charge < -0.3 is 15.5 Å². The molecule has 2 aromatic carbocycles. The summed E-state index contributed by atoms with van der Waals surface area (Å²) in [5.74, 6) is 0.0977. The van der Waals surface area contributed by atoms with Gasteiger partial charge in [-0.3, -0.25) is 4.79 Å². The Morgan fingerprint density at radius 2 is 1.67 bits per heavy atom. The molecule has 1 aliphatic heterocycles. The van der Waals surface area contributed by atoms with Crippen LogP contribution in [0.15, 0.2) is 36.4 Å². The van der Waals surface area contributed by atoms with E-state index in [0.717, 1.165) is 11.3 Å². The maximum absolute atomic E-state index is 12.1. The largest absolute Gasteiger partial charge is 0.323 e. The first-order valence-corrected chi connectivity index (χ1v) is 8.12. The zero-order chi connectivity index (χ0) is 17.3. The van der Waals surface area contributed by atoms with Crippen LogP contribution in [-0.4, -0.2) is 19.0 Å². The summed E-state index contributed by atoms with van der Waals surface area (Å²) in [6.45, 7) is 0. The van der Waals surface area contributed by atoms with Crippen LogP contribution in [0.3, 0.4) is 0 Å². The number of hydrogen-bond donors (Lipinski definition) is 2. The third-order valence-electron chi connectivity index (χ3n) is 3.86. The number of anilines is 3. The molecule has 0 radical (unpaired) electrons. The monoisotopic (exact) mass is 363 g/mol. The minimum absolute atomic E-state index is 0.0977. The van der Waals surface area contributed by atoms with Crippen LogP contribution in [0, 0.1) is 0 Å². The van der Waals surface area contributed by atoms with Gasteiger partial charge in [-0.25, -0.2) is 4.79 Å². The number of aryl methyl sites for hydroxylation is 1. The van der Waals surface area contributed by atoms with E-state index in [9.17, 15) is 9.59 Å². The van der Waals surface area contributed by atoms with Crippen molar-refractivity contribution in [3.63, 3.8) is 0 Å². The molecule has 2 N–H and O–H groups in total. The molecular weight excluding hydrogens is 349 g/mol. The van der Waals surface area contributed by atoms with Gasteiger partial charge in [-0.15, -0.1) is 0 Å². The van der Waals surface area contributed by atoms with Crippen molar-refractivity contribution in [2.24, 2.45) is 0 Å². The van der Waals surface area contributed by atoms with Crippen molar-refractivity contribution in [1.29, 1.82) is 0 Å². The minimum atomic E-state index is -0.381. The molecule has 7 heteroatoms. The van der Waals surface area contributed by atoms with Crippen LogP contribution in [0.2, 0.25) is 10.0 Å². The van der Waals surface area contributed by atoms with Crippen LogP contribution >= 0.6 is 23.2 Å². The summed E-state index contributed by atoms with van der Waals surface area (Å²) in [4.78, 5) is 25.4. The summed E-state index contributed by atoms with van der Waals surface area (Å²) in [5.41, 5.74) is 3.12. The quantitative estimate of drug-likeness (QED) is 0.822. The number of nitrogens with zero attached hydrogens (tertiary/aromatic N) is 1. The van der Waals surface area contributed by atoms with Crippen molar-refractivity contribution >= 4 is 52.2 Å². The maximum atomic E-state index is 12.1.